The monoisotopic (exact) mass is 379 g/mol. The number of methoxy groups -OCH3 is 1. The number of hydrogen-bond acceptors (Lipinski definition) is 2. The highest BCUT2D eigenvalue weighted by molar-refractivity contribution is 7.26. The number of thiophene rings is 1. The van der Waals surface area contributed by atoms with Gasteiger partial charge in [-0.15, -0.1) is 11.3 Å². The van der Waals surface area contributed by atoms with Gasteiger partial charge in [-0.2, -0.15) is 0 Å². The Kier molecular flexibility index (Phi) is 3.28. The maximum atomic E-state index is 5.52. The molecule has 0 N–H and O–H groups in total. The van der Waals surface area contributed by atoms with E-state index in [9.17, 15) is 0 Å². The lowest BCUT2D eigenvalue weighted by atomic mass is 10.1. The van der Waals surface area contributed by atoms with E-state index >= 15 is 0 Å². The van der Waals surface area contributed by atoms with Gasteiger partial charge in [-0.3, -0.25) is 0 Å². The Morgan fingerprint density at radius 2 is 1.50 bits per heavy atom. The first-order valence-corrected chi connectivity index (χ1v) is 10.1. The first kappa shape index (κ1) is 15.7. The Hall–Kier alpha value is -3.30. The molecule has 0 atom stereocenters. The van der Waals surface area contributed by atoms with Crippen molar-refractivity contribution in [2.24, 2.45) is 0 Å². The molecule has 0 amide bonds. The van der Waals surface area contributed by atoms with E-state index in [-0.39, 0.29) is 0 Å². The van der Waals surface area contributed by atoms with Crippen LogP contribution in [-0.4, -0.2) is 11.7 Å². The molecule has 4 aromatic carbocycles. The zero-order chi connectivity index (χ0) is 18.7. The van der Waals surface area contributed by atoms with Gasteiger partial charge in [0.2, 0.25) is 0 Å². The van der Waals surface area contributed by atoms with Crippen molar-refractivity contribution in [2.45, 2.75) is 0 Å². The third-order valence-corrected chi connectivity index (χ3v) is 6.69. The first-order chi connectivity index (χ1) is 13.8. The Morgan fingerprint density at radius 1 is 0.714 bits per heavy atom. The minimum absolute atomic E-state index is 0.885. The Labute approximate surface area is 166 Å². The minimum Gasteiger partial charge on any atom is -0.497 e. The number of ether oxygens (including phenoxy) is 1. The third-order valence-electron chi connectivity index (χ3n) is 5.49. The van der Waals surface area contributed by atoms with Crippen molar-refractivity contribution in [1.82, 2.24) is 4.57 Å². The van der Waals surface area contributed by atoms with Crippen LogP contribution in [0.4, 0.5) is 0 Å². The molecule has 0 bridgehead atoms. The third kappa shape index (κ3) is 2.08. The van der Waals surface area contributed by atoms with E-state index in [2.05, 4.69) is 83.4 Å². The van der Waals surface area contributed by atoms with Gasteiger partial charge in [-0.05, 0) is 36.4 Å². The van der Waals surface area contributed by atoms with Crippen LogP contribution in [-0.2, 0) is 0 Å². The van der Waals surface area contributed by atoms with Gasteiger partial charge >= 0.3 is 0 Å². The molecular formula is C25H17NOS. The predicted molar refractivity (Wildman–Crippen MR) is 120 cm³/mol. The van der Waals surface area contributed by atoms with E-state index < -0.39 is 0 Å². The van der Waals surface area contributed by atoms with Gasteiger partial charge in [0.25, 0.3) is 0 Å². The summed E-state index contributed by atoms with van der Waals surface area (Å²) in [5.41, 5.74) is 3.65. The van der Waals surface area contributed by atoms with Crippen molar-refractivity contribution >= 4 is 53.3 Å². The molecule has 28 heavy (non-hydrogen) atoms. The zero-order valence-electron chi connectivity index (χ0n) is 15.3. The van der Waals surface area contributed by atoms with Crippen LogP contribution in [0.15, 0.2) is 84.9 Å². The second kappa shape index (κ2) is 5.85. The average molecular weight is 379 g/mol. The molecule has 0 saturated heterocycles. The lowest BCUT2D eigenvalue weighted by Gasteiger charge is -2.08. The molecule has 0 saturated carbocycles. The summed E-state index contributed by atoms with van der Waals surface area (Å²) in [5.74, 6) is 0.885. The van der Waals surface area contributed by atoms with Crippen LogP contribution in [0.25, 0.3) is 47.7 Å². The van der Waals surface area contributed by atoms with Crippen LogP contribution < -0.4 is 4.74 Å². The molecule has 0 aliphatic carbocycles. The molecule has 6 aromatic rings. The highest BCUT2D eigenvalue weighted by Crippen LogP contribution is 2.43. The fraction of sp³-hybridized carbons (Fsp3) is 0.0400. The van der Waals surface area contributed by atoms with Gasteiger partial charge in [-0.25, -0.2) is 0 Å². The molecule has 3 heteroatoms. The highest BCUT2D eigenvalue weighted by Gasteiger charge is 2.17. The number of aromatic nitrogens is 1. The summed E-state index contributed by atoms with van der Waals surface area (Å²) >= 11 is 1.87. The second-order valence-electron chi connectivity index (χ2n) is 6.99. The van der Waals surface area contributed by atoms with Crippen LogP contribution in [0.2, 0.25) is 0 Å². The fourth-order valence-electron chi connectivity index (χ4n) is 4.23. The summed E-state index contributed by atoms with van der Waals surface area (Å²) in [6, 6.07) is 30.2. The SMILES string of the molecule is COc1ccc2c(c1)c1ccc3c4ccccc4sc3c1n2-c1ccccc1. The van der Waals surface area contributed by atoms with E-state index in [0.29, 0.717) is 0 Å². The smallest absolute Gasteiger partial charge is 0.119 e. The van der Waals surface area contributed by atoms with Gasteiger partial charge < -0.3 is 9.30 Å². The lowest BCUT2D eigenvalue weighted by Crippen LogP contribution is -1.93. The maximum absolute atomic E-state index is 5.52. The number of para-hydroxylation sites is 1. The van der Waals surface area contributed by atoms with Crippen molar-refractivity contribution < 1.29 is 4.74 Å². The number of nitrogens with zero attached hydrogens (tertiary/aromatic N) is 1. The average Bonchev–Trinajstić information content (AvgIpc) is 3.29. The number of hydrogen-bond donors (Lipinski definition) is 0. The first-order valence-electron chi connectivity index (χ1n) is 9.33. The van der Waals surface area contributed by atoms with E-state index in [1.54, 1.807) is 7.11 Å². The molecular weight excluding hydrogens is 362 g/mol. The lowest BCUT2D eigenvalue weighted by molar-refractivity contribution is 0.415. The summed E-state index contributed by atoms with van der Waals surface area (Å²) in [6.45, 7) is 0. The summed E-state index contributed by atoms with van der Waals surface area (Å²) in [7, 11) is 1.72. The Balaban J connectivity index is 1.88. The number of benzene rings is 4. The summed E-state index contributed by atoms with van der Waals surface area (Å²) in [6.07, 6.45) is 0. The fourth-order valence-corrected chi connectivity index (χ4v) is 5.47. The van der Waals surface area contributed by atoms with Crippen LogP contribution in [0.3, 0.4) is 0 Å². The second-order valence-corrected chi connectivity index (χ2v) is 8.04. The minimum atomic E-state index is 0.885. The molecule has 0 aliphatic rings. The van der Waals surface area contributed by atoms with Gasteiger partial charge in [0.15, 0.2) is 0 Å². The van der Waals surface area contributed by atoms with Crippen molar-refractivity contribution in [2.75, 3.05) is 7.11 Å². The Morgan fingerprint density at radius 3 is 2.36 bits per heavy atom. The summed E-state index contributed by atoms with van der Waals surface area (Å²) in [5, 5.41) is 5.13. The van der Waals surface area contributed by atoms with E-state index in [1.165, 1.54) is 47.7 Å². The quantitative estimate of drug-likeness (QED) is 0.311. The summed E-state index contributed by atoms with van der Waals surface area (Å²) < 4.78 is 10.6. The number of rotatable bonds is 2. The molecule has 2 nitrogen and oxygen atoms in total. The van der Waals surface area contributed by atoms with E-state index in [0.717, 1.165) is 5.75 Å². The largest absolute Gasteiger partial charge is 0.497 e. The highest BCUT2D eigenvalue weighted by atomic mass is 32.1. The number of fused-ring (bicyclic) bond motifs is 7. The molecule has 0 unspecified atom stereocenters. The van der Waals surface area contributed by atoms with Crippen LogP contribution in [0, 0.1) is 0 Å². The molecule has 134 valence electrons. The molecule has 0 aliphatic heterocycles. The van der Waals surface area contributed by atoms with Gasteiger partial charge in [-0.1, -0.05) is 48.5 Å². The topological polar surface area (TPSA) is 14.2 Å². The predicted octanol–water partition coefficient (Wildman–Crippen LogP) is 7.16. The van der Waals surface area contributed by atoms with Gasteiger partial charge in [0.05, 0.1) is 22.8 Å². The molecule has 0 spiro atoms. The van der Waals surface area contributed by atoms with Gasteiger partial charge in [0, 0.05) is 31.9 Å². The van der Waals surface area contributed by atoms with Crippen molar-refractivity contribution in [1.29, 1.82) is 0 Å². The van der Waals surface area contributed by atoms with Crippen LogP contribution in [0.1, 0.15) is 0 Å². The van der Waals surface area contributed by atoms with Gasteiger partial charge in [0.1, 0.15) is 5.75 Å². The normalized spacial score (nSPS) is 11.8. The maximum Gasteiger partial charge on any atom is 0.119 e. The summed E-state index contributed by atoms with van der Waals surface area (Å²) in [4.78, 5) is 0. The molecule has 0 fully saturated rings. The van der Waals surface area contributed by atoms with E-state index in [4.69, 9.17) is 4.74 Å². The Bertz CT molecular complexity index is 1490. The van der Waals surface area contributed by atoms with Crippen molar-refractivity contribution in [3.8, 4) is 11.4 Å². The molecule has 0 radical (unpaired) electrons. The zero-order valence-corrected chi connectivity index (χ0v) is 16.2. The van der Waals surface area contributed by atoms with E-state index in [1.807, 2.05) is 17.4 Å². The molecule has 2 heterocycles. The van der Waals surface area contributed by atoms with Crippen molar-refractivity contribution in [3.63, 3.8) is 0 Å². The molecule has 6 rings (SSSR count). The van der Waals surface area contributed by atoms with Crippen LogP contribution >= 0.6 is 11.3 Å². The van der Waals surface area contributed by atoms with Crippen LogP contribution in [0.5, 0.6) is 5.75 Å². The standard InChI is InChI=1S/C25H17NOS/c1-27-17-11-14-22-21(15-17)19-12-13-20-18-9-5-6-10-23(18)28-25(20)24(19)26(22)16-7-3-2-4-8-16/h2-15H,1H3. The molecule has 2 aromatic heterocycles. The van der Waals surface area contributed by atoms with Crippen molar-refractivity contribution in [3.05, 3.63) is 84.9 Å².